The maximum absolute atomic E-state index is 4.82. The van der Waals surface area contributed by atoms with E-state index in [1.54, 1.807) is 17.5 Å². The second-order valence-corrected chi connectivity index (χ2v) is 10.9. The summed E-state index contributed by atoms with van der Waals surface area (Å²) in [4.78, 5) is 10.3. The van der Waals surface area contributed by atoms with Gasteiger partial charge in [-0.2, -0.15) is 4.98 Å². The first kappa shape index (κ1) is 21.0. The van der Waals surface area contributed by atoms with Crippen molar-refractivity contribution in [2.75, 3.05) is 0 Å². The lowest BCUT2D eigenvalue weighted by molar-refractivity contribution is 1.10. The van der Waals surface area contributed by atoms with Crippen molar-refractivity contribution in [1.82, 2.24) is 18.9 Å². The van der Waals surface area contributed by atoms with Crippen LogP contribution in [0.1, 0.15) is 0 Å². The lowest BCUT2D eigenvalue weighted by atomic mass is 9.82. The molecule has 0 saturated carbocycles. The van der Waals surface area contributed by atoms with Crippen LogP contribution in [-0.2, 0) is 0 Å². The molecule has 5 heteroatoms. The molecule has 0 saturated heterocycles. The predicted molar refractivity (Wildman–Crippen MR) is 161 cm³/mol. The van der Waals surface area contributed by atoms with Gasteiger partial charge in [-0.3, -0.25) is 4.40 Å². The van der Waals surface area contributed by atoms with E-state index in [0.29, 0.717) is 0 Å². The second kappa shape index (κ2) is 7.76. The lowest BCUT2D eigenvalue weighted by Gasteiger charge is -2.20. The molecule has 0 unspecified atom stereocenters. The summed E-state index contributed by atoms with van der Waals surface area (Å²) in [5.74, 6) is 0. The van der Waals surface area contributed by atoms with E-state index < -0.39 is 0 Å². The number of thiazole rings is 1. The third kappa shape index (κ3) is 2.88. The van der Waals surface area contributed by atoms with Crippen molar-refractivity contribution in [3.63, 3.8) is 0 Å². The van der Waals surface area contributed by atoms with Crippen molar-refractivity contribution < 1.29 is 0 Å². The normalized spacial score (nSPS) is 12.1. The first-order valence-electron chi connectivity index (χ1n) is 13.0. The van der Waals surface area contributed by atoms with Crippen molar-refractivity contribution in [1.29, 1.82) is 0 Å². The van der Waals surface area contributed by atoms with Crippen LogP contribution in [0.15, 0.2) is 122 Å². The van der Waals surface area contributed by atoms with E-state index in [4.69, 9.17) is 4.98 Å². The molecule has 0 atom stereocenters. The maximum Gasteiger partial charge on any atom is 0.197 e. The fraction of sp³-hybridized carbons (Fsp3) is 0. The first-order chi connectivity index (χ1) is 19.3. The van der Waals surface area contributed by atoms with Gasteiger partial charge in [0.05, 0.1) is 21.4 Å². The van der Waals surface area contributed by atoms with Crippen LogP contribution in [0.4, 0.5) is 0 Å². The average molecular weight is 517 g/mol. The van der Waals surface area contributed by atoms with Gasteiger partial charge in [-0.1, -0.05) is 90.2 Å². The molecule has 0 N–H and O–H groups in total. The van der Waals surface area contributed by atoms with Gasteiger partial charge in [-0.05, 0) is 57.6 Å². The third-order valence-electron chi connectivity index (χ3n) is 7.85. The molecule has 0 fully saturated rings. The van der Waals surface area contributed by atoms with Crippen LogP contribution in [-0.4, -0.2) is 18.9 Å². The maximum atomic E-state index is 4.82. The van der Waals surface area contributed by atoms with Gasteiger partial charge in [-0.25, -0.2) is 4.98 Å². The van der Waals surface area contributed by atoms with Crippen LogP contribution in [0.25, 0.3) is 76.5 Å². The number of rotatable bonds is 1. The van der Waals surface area contributed by atoms with Crippen LogP contribution in [0.5, 0.6) is 0 Å². The number of hydrogen-bond acceptors (Lipinski definition) is 3. The van der Waals surface area contributed by atoms with Crippen molar-refractivity contribution in [3.8, 4) is 50.2 Å². The molecular formula is C34H20N4S. The number of nitrogens with zero attached hydrogens (tertiary/aromatic N) is 4. The van der Waals surface area contributed by atoms with E-state index in [0.717, 1.165) is 27.3 Å². The van der Waals surface area contributed by atoms with Gasteiger partial charge in [-0.15, -0.1) is 0 Å². The lowest BCUT2D eigenvalue weighted by Crippen LogP contribution is -1.94. The number of imidazole rings is 1. The van der Waals surface area contributed by atoms with Crippen molar-refractivity contribution in [2.24, 2.45) is 0 Å². The summed E-state index contributed by atoms with van der Waals surface area (Å²) in [7, 11) is 0. The van der Waals surface area contributed by atoms with E-state index in [-0.39, 0.29) is 0 Å². The van der Waals surface area contributed by atoms with E-state index in [1.165, 1.54) is 49.2 Å². The Morgan fingerprint density at radius 3 is 1.64 bits per heavy atom. The molecule has 9 rings (SSSR count). The predicted octanol–water partition coefficient (Wildman–Crippen LogP) is 8.87. The molecule has 0 spiro atoms. The van der Waals surface area contributed by atoms with Crippen LogP contribution in [0, 0.1) is 0 Å². The highest BCUT2D eigenvalue weighted by atomic mass is 32.1. The number of aromatic nitrogens is 4. The number of pyridine rings is 1. The summed E-state index contributed by atoms with van der Waals surface area (Å²) >= 11 is 1.72. The van der Waals surface area contributed by atoms with Crippen LogP contribution in [0.3, 0.4) is 0 Å². The Balaban J connectivity index is 1.35. The fourth-order valence-electron chi connectivity index (χ4n) is 6.16. The topological polar surface area (TPSA) is 35.1 Å². The van der Waals surface area contributed by atoms with Crippen LogP contribution < -0.4 is 0 Å². The minimum Gasteiger partial charge on any atom is -0.321 e. The number of benzene rings is 4. The second-order valence-electron chi connectivity index (χ2n) is 9.93. The zero-order valence-corrected chi connectivity index (χ0v) is 21.6. The van der Waals surface area contributed by atoms with Gasteiger partial charge in [0, 0.05) is 29.7 Å². The smallest absolute Gasteiger partial charge is 0.197 e. The molecule has 0 bridgehead atoms. The van der Waals surface area contributed by atoms with Crippen molar-refractivity contribution in [2.45, 2.75) is 0 Å². The first-order valence-corrected chi connectivity index (χ1v) is 13.8. The summed E-state index contributed by atoms with van der Waals surface area (Å²) in [6, 6.07) is 36.9. The van der Waals surface area contributed by atoms with E-state index in [2.05, 4.69) is 123 Å². The molecule has 1 aliphatic rings. The molecular weight excluding hydrogens is 496 g/mol. The Morgan fingerprint density at radius 2 is 1.05 bits per heavy atom. The standard InChI is InChI=1S/C34H20N4S/c1-2-10-22-21(9-1)23-11-3-5-13-25(23)27-19-37(20-28(27)26-14-6-4-12-24(22)26)29-15-7-16-30-32(29)39-34-36-33-31(38(30)34)17-8-18-35-33/h1-20H. The zero-order chi connectivity index (χ0) is 25.5. The molecule has 4 nitrogen and oxygen atoms in total. The Bertz CT molecular complexity index is 2160. The van der Waals surface area contributed by atoms with E-state index >= 15 is 0 Å². The zero-order valence-electron chi connectivity index (χ0n) is 20.7. The van der Waals surface area contributed by atoms with Crippen LogP contribution >= 0.6 is 11.3 Å². The Hall–Kier alpha value is -5.00. The molecule has 0 radical (unpaired) electrons. The minimum atomic E-state index is 0.785. The van der Waals surface area contributed by atoms with Crippen LogP contribution in [0.2, 0.25) is 0 Å². The van der Waals surface area contributed by atoms with Gasteiger partial charge >= 0.3 is 0 Å². The molecule has 4 aromatic carbocycles. The van der Waals surface area contributed by atoms with Crippen molar-refractivity contribution in [3.05, 3.63) is 122 Å². The third-order valence-corrected chi connectivity index (χ3v) is 8.93. The largest absolute Gasteiger partial charge is 0.321 e. The molecule has 8 aromatic rings. The molecule has 182 valence electrons. The highest BCUT2D eigenvalue weighted by molar-refractivity contribution is 7.24. The van der Waals surface area contributed by atoms with E-state index in [1.807, 2.05) is 6.07 Å². The molecule has 1 aliphatic carbocycles. The Labute approximate surface area is 228 Å². The summed E-state index contributed by atoms with van der Waals surface area (Å²) in [6.45, 7) is 0. The Morgan fingerprint density at radius 1 is 0.513 bits per heavy atom. The average Bonchev–Trinajstić information content (AvgIpc) is 3.68. The summed E-state index contributed by atoms with van der Waals surface area (Å²) < 4.78 is 5.73. The van der Waals surface area contributed by atoms with Gasteiger partial charge in [0.25, 0.3) is 0 Å². The monoisotopic (exact) mass is 516 g/mol. The highest BCUT2D eigenvalue weighted by Gasteiger charge is 2.24. The highest BCUT2D eigenvalue weighted by Crippen LogP contribution is 2.48. The minimum absolute atomic E-state index is 0.785. The summed E-state index contributed by atoms with van der Waals surface area (Å²) in [5, 5.41) is 0. The SMILES string of the molecule is c1ccc2c(c1)-c1ccccc1-c1cn(-c3cccc4c3sc3nc5ncccc5n34)cc1-c1ccccc1-2. The Kier molecular flexibility index (Phi) is 4.18. The van der Waals surface area contributed by atoms with Gasteiger partial charge in [0.15, 0.2) is 10.6 Å². The summed E-state index contributed by atoms with van der Waals surface area (Å²) in [5.41, 5.74) is 14.1. The number of hydrogen-bond donors (Lipinski definition) is 0. The van der Waals surface area contributed by atoms with E-state index in [9.17, 15) is 0 Å². The molecule has 39 heavy (non-hydrogen) atoms. The molecule has 4 heterocycles. The molecule has 0 amide bonds. The summed E-state index contributed by atoms with van der Waals surface area (Å²) in [6.07, 6.45) is 6.40. The van der Waals surface area contributed by atoms with Crippen molar-refractivity contribution >= 4 is 37.7 Å². The van der Waals surface area contributed by atoms with Gasteiger partial charge < -0.3 is 4.57 Å². The fourth-order valence-corrected chi connectivity index (χ4v) is 7.31. The number of fused-ring (bicyclic) bond motifs is 13. The quantitative estimate of drug-likeness (QED) is 0.218. The van der Waals surface area contributed by atoms with Gasteiger partial charge in [0.1, 0.15) is 0 Å². The molecule has 0 aliphatic heterocycles. The van der Waals surface area contributed by atoms with Gasteiger partial charge in [0.2, 0.25) is 0 Å². The molecule has 4 aromatic heterocycles.